The third kappa shape index (κ3) is 4.09. The van der Waals surface area contributed by atoms with E-state index < -0.39 is 21.7 Å². The van der Waals surface area contributed by atoms with E-state index in [9.17, 15) is 17.6 Å². The third-order valence-electron chi connectivity index (χ3n) is 3.50. The number of hydrogen-bond acceptors (Lipinski definition) is 4. The number of nitrogens with one attached hydrogen (secondary N) is 2. The van der Waals surface area contributed by atoms with Crippen LogP contribution in [0.2, 0.25) is 0 Å². The molecule has 0 fully saturated rings. The Morgan fingerprint density at radius 1 is 1.00 bits per heavy atom. The number of hydrogen-bond donors (Lipinski definition) is 2. The average molecular weight is 390 g/mol. The topological polar surface area (TPSA) is 75.3 Å². The number of amides is 1. The van der Waals surface area contributed by atoms with Gasteiger partial charge < -0.3 is 5.32 Å². The van der Waals surface area contributed by atoms with E-state index in [1.54, 1.807) is 18.2 Å². The zero-order valence-corrected chi connectivity index (χ0v) is 15.3. The van der Waals surface area contributed by atoms with Crippen molar-refractivity contribution in [2.45, 2.75) is 11.1 Å². The minimum atomic E-state index is -3.79. The lowest BCUT2D eigenvalue weighted by molar-refractivity contribution is 0.102. The zero-order chi connectivity index (χ0) is 18.7. The molecule has 0 aliphatic rings. The third-order valence-corrected chi connectivity index (χ3v) is 6.36. The number of benzene rings is 2. The molecule has 0 bridgehead atoms. The molecule has 3 rings (SSSR count). The highest BCUT2D eigenvalue weighted by Gasteiger charge is 2.20. The van der Waals surface area contributed by atoms with Gasteiger partial charge in [-0.05, 0) is 55.5 Å². The fraction of sp³-hybridized carbons (Fsp3) is 0.0556. The van der Waals surface area contributed by atoms with Gasteiger partial charge in [0.25, 0.3) is 15.9 Å². The molecular weight excluding hydrogens is 375 g/mol. The second-order valence-electron chi connectivity index (χ2n) is 5.48. The van der Waals surface area contributed by atoms with Gasteiger partial charge in [-0.1, -0.05) is 12.1 Å². The van der Waals surface area contributed by atoms with E-state index >= 15 is 0 Å². The van der Waals surface area contributed by atoms with Crippen LogP contribution in [0.3, 0.4) is 0 Å². The summed E-state index contributed by atoms with van der Waals surface area (Å²) in [6, 6.07) is 14.8. The van der Waals surface area contributed by atoms with E-state index in [0.717, 1.165) is 16.2 Å². The Bertz CT molecular complexity index is 1040. The predicted molar refractivity (Wildman–Crippen MR) is 101 cm³/mol. The lowest BCUT2D eigenvalue weighted by atomic mass is 10.1. The molecule has 8 heteroatoms. The van der Waals surface area contributed by atoms with E-state index in [2.05, 4.69) is 10.0 Å². The molecule has 1 heterocycles. The summed E-state index contributed by atoms with van der Waals surface area (Å²) in [5.74, 6) is -0.917. The molecule has 0 saturated heterocycles. The van der Waals surface area contributed by atoms with Gasteiger partial charge in [-0.15, -0.1) is 11.3 Å². The Labute approximate surface area is 154 Å². The maximum Gasteiger partial charge on any atom is 0.271 e. The maximum absolute atomic E-state index is 13.0. The van der Waals surface area contributed by atoms with Gasteiger partial charge in [0.2, 0.25) is 0 Å². The lowest BCUT2D eigenvalue weighted by Gasteiger charge is -2.12. The van der Waals surface area contributed by atoms with Crippen molar-refractivity contribution in [3.05, 3.63) is 76.9 Å². The van der Waals surface area contributed by atoms with Crippen LogP contribution in [0.25, 0.3) is 0 Å². The lowest BCUT2D eigenvalue weighted by Crippen LogP contribution is -2.18. The van der Waals surface area contributed by atoms with Crippen molar-refractivity contribution >= 4 is 38.6 Å². The summed E-state index contributed by atoms with van der Waals surface area (Å²) < 4.78 is 40.6. The van der Waals surface area contributed by atoms with Gasteiger partial charge in [0, 0.05) is 10.6 Å². The number of aryl methyl sites for hydroxylation is 1. The van der Waals surface area contributed by atoms with Crippen molar-refractivity contribution in [3.8, 4) is 0 Å². The summed E-state index contributed by atoms with van der Waals surface area (Å²) in [4.78, 5) is 13.4. The molecule has 1 amide bonds. The Hall–Kier alpha value is -2.71. The summed E-state index contributed by atoms with van der Waals surface area (Å²) in [5.41, 5.74) is 0.731. The Morgan fingerprint density at radius 2 is 1.69 bits per heavy atom. The van der Waals surface area contributed by atoms with Crippen LogP contribution in [-0.2, 0) is 10.0 Å². The summed E-state index contributed by atoms with van der Waals surface area (Å²) in [5, 5.41) is 2.62. The van der Waals surface area contributed by atoms with Gasteiger partial charge in [0.1, 0.15) is 10.0 Å². The van der Waals surface area contributed by atoms with Crippen molar-refractivity contribution in [3.63, 3.8) is 0 Å². The molecule has 0 saturated carbocycles. The van der Waals surface area contributed by atoms with Gasteiger partial charge >= 0.3 is 0 Å². The van der Waals surface area contributed by atoms with Crippen LogP contribution in [0, 0.1) is 12.7 Å². The first-order valence-electron chi connectivity index (χ1n) is 7.60. The predicted octanol–water partition coefficient (Wildman–Crippen LogP) is 4.25. The molecule has 0 atom stereocenters. The number of rotatable bonds is 5. The van der Waals surface area contributed by atoms with Crippen LogP contribution in [-0.4, -0.2) is 14.3 Å². The molecule has 0 aliphatic carbocycles. The first kappa shape index (κ1) is 18.1. The molecule has 1 aromatic heterocycles. The number of para-hydroxylation sites is 1. The van der Waals surface area contributed by atoms with Crippen molar-refractivity contribution in [2.24, 2.45) is 0 Å². The van der Waals surface area contributed by atoms with Crippen LogP contribution in [0.5, 0.6) is 0 Å². The molecular formula is C18H15FN2O3S2. The largest absolute Gasteiger partial charge is 0.322 e. The van der Waals surface area contributed by atoms with Crippen molar-refractivity contribution < 1.29 is 17.6 Å². The summed E-state index contributed by atoms with van der Waals surface area (Å²) in [6.07, 6.45) is 0. The molecule has 26 heavy (non-hydrogen) atoms. The number of anilines is 2. The van der Waals surface area contributed by atoms with E-state index in [1.165, 1.54) is 42.5 Å². The monoisotopic (exact) mass is 390 g/mol. The van der Waals surface area contributed by atoms with Gasteiger partial charge in [-0.3, -0.25) is 9.52 Å². The first-order chi connectivity index (χ1) is 12.3. The SMILES string of the molecule is Cc1ccc(S(=O)(=O)Nc2ccccc2C(=O)Nc2ccc(F)cc2)s1. The highest BCUT2D eigenvalue weighted by Crippen LogP contribution is 2.25. The van der Waals surface area contributed by atoms with Crippen LogP contribution in [0.4, 0.5) is 15.8 Å². The molecule has 2 aromatic carbocycles. The molecule has 0 aliphatic heterocycles. The second-order valence-corrected chi connectivity index (χ2v) is 8.67. The van der Waals surface area contributed by atoms with Crippen LogP contribution in [0.15, 0.2) is 64.9 Å². The van der Waals surface area contributed by atoms with E-state index in [-0.39, 0.29) is 15.5 Å². The number of carbonyl (C=O) groups is 1. The average Bonchev–Trinajstić information content (AvgIpc) is 3.04. The molecule has 0 spiro atoms. The van der Waals surface area contributed by atoms with Gasteiger partial charge in [-0.2, -0.15) is 0 Å². The van der Waals surface area contributed by atoms with Crippen molar-refractivity contribution in [1.82, 2.24) is 0 Å². The Balaban J connectivity index is 1.86. The minimum Gasteiger partial charge on any atom is -0.322 e. The van der Waals surface area contributed by atoms with Crippen molar-refractivity contribution in [2.75, 3.05) is 10.0 Å². The Kier molecular flexibility index (Phi) is 5.06. The van der Waals surface area contributed by atoms with Gasteiger partial charge in [-0.25, -0.2) is 12.8 Å². The van der Waals surface area contributed by atoms with Gasteiger partial charge in [0.15, 0.2) is 0 Å². The summed E-state index contributed by atoms with van der Waals surface area (Å²) in [7, 11) is -3.79. The van der Waals surface area contributed by atoms with E-state index in [1.807, 2.05) is 6.92 Å². The zero-order valence-electron chi connectivity index (χ0n) is 13.7. The molecule has 0 radical (unpaired) electrons. The highest BCUT2D eigenvalue weighted by molar-refractivity contribution is 7.94. The minimum absolute atomic E-state index is 0.161. The number of carbonyl (C=O) groups excluding carboxylic acids is 1. The summed E-state index contributed by atoms with van der Waals surface area (Å²) in [6.45, 7) is 1.81. The normalized spacial score (nSPS) is 11.2. The highest BCUT2D eigenvalue weighted by atomic mass is 32.2. The first-order valence-corrected chi connectivity index (χ1v) is 9.90. The number of sulfonamides is 1. The molecule has 134 valence electrons. The molecule has 0 unspecified atom stereocenters. The quantitative estimate of drug-likeness (QED) is 0.684. The fourth-order valence-corrected chi connectivity index (χ4v) is 4.62. The summed E-state index contributed by atoms with van der Waals surface area (Å²) >= 11 is 1.15. The van der Waals surface area contributed by atoms with Gasteiger partial charge in [0.05, 0.1) is 11.3 Å². The standard InChI is InChI=1S/C18H15FN2O3S2/c1-12-6-11-17(25-12)26(23,24)21-16-5-3-2-4-15(16)18(22)20-14-9-7-13(19)8-10-14/h2-11,21H,1H3,(H,20,22). The molecule has 3 aromatic rings. The fourth-order valence-electron chi connectivity index (χ4n) is 2.25. The second kappa shape index (κ2) is 7.27. The van der Waals surface area contributed by atoms with Crippen LogP contribution in [0.1, 0.15) is 15.2 Å². The van der Waals surface area contributed by atoms with E-state index in [4.69, 9.17) is 0 Å². The van der Waals surface area contributed by atoms with Crippen molar-refractivity contribution in [1.29, 1.82) is 0 Å². The smallest absolute Gasteiger partial charge is 0.271 e. The maximum atomic E-state index is 13.0. The van der Waals surface area contributed by atoms with Crippen LogP contribution >= 0.6 is 11.3 Å². The Morgan fingerprint density at radius 3 is 2.35 bits per heavy atom. The van der Waals surface area contributed by atoms with E-state index in [0.29, 0.717) is 5.69 Å². The molecule has 2 N–H and O–H groups in total. The molecule has 5 nitrogen and oxygen atoms in total. The van der Waals surface area contributed by atoms with Crippen LogP contribution < -0.4 is 10.0 Å². The number of halogens is 1. The number of thiophene rings is 1.